The molecule has 1 heterocycles. The molecule has 300 valence electrons. The predicted octanol–water partition coefficient (Wildman–Crippen LogP) is 3.66. The molecule has 0 radical (unpaired) electrons. The van der Waals surface area contributed by atoms with Crippen molar-refractivity contribution in [1.29, 1.82) is 0 Å². The molecule has 2 rings (SSSR count). The van der Waals surface area contributed by atoms with Gasteiger partial charge in [-0.2, -0.15) is 5.90 Å². The number of nitrogens with one attached hydrogen (secondary N) is 2. The monoisotopic (exact) mass is 805 g/mol. The molecule has 53 heavy (non-hydrogen) atoms. The van der Waals surface area contributed by atoms with E-state index in [4.69, 9.17) is 25.3 Å². The van der Waals surface area contributed by atoms with E-state index in [-0.39, 0.29) is 72.5 Å². The molecule has 19 heteroatoms. The number of carbonyl (C=O) groups excluding carboxylic acids is 4. The fraction of sp³-hybridized carbons (Fsp3) is 0.618. The molecule has 1 aromatic heterocycles. The number of carbonyl (C=O) groups is 4. The van der Waals surface area contributed by atoms with Crippen molar-refractivity contribution in [3.05, 3.63) is 39.8 Å². The fourth-order valence-electron chi connectivity index (χ4n) is 5.45. The summed E-state index contributed by atoms with van der Waals surface area (Å²) < 4.78 is 9.95. The molecule has 0 spiro atoms. The molecular formula is C34H56N5O11PS2. The summed E-state index contributed by atoms with van der Waals surface area (Å²) in [4.78, 5) is 89.3. The number of hydrogen-bond donors (Lipinski definition) is 8. The van der Waals surface area contributed by atoms with E-state index in [0.717, 1.165) is 17.8 Å². The Hall–Kier alpha value is -2.93. The van der Waals surface area contributed by atoms with E-state index < -0.39 is 44.9 Å². The zero-order chi connectivity index (χ0) is 39.9. The van der Waals surface area contributed by atoms with Crippen LogP contribution in [0.2, 0.25) is 0 Å². The van der Waals surface area contributed by atoms with Gasteiger partial charge in [0, 0.05) is 31.3 Å². The van der Waals surface area contributed by atoms with E-state index in [1.165, 1.54) is 11.4 Å². The number of aromatic nitrogens is 1. The summed E-state index contributed by atoms with van der Waals surface area (Å²) in [5.74, 6) is 3.71. The van der Waals surface area contributed by atoms with E-state index in [0.29, 0.717) is 29.2 Å². The quantitative estimate of drug-likeness (QED) is 0.0347. The van der Waals surface area contributed by atoms with Crippen molar-refractivity contribution in [2.24, 2.45) is 23.7 Å². The maximum atomic E-state index is 13.5. The first-order chi connectivity index (χ1) is 24.9. The molecule has 8 N–H and O–H groups in total. The molecule has 0 bridgehead atoms. The molecule has 16 nitrogen and oxygen atoms in total. The van der Waals surface area contributed by atoms with Crippen LogP contribution in [0.4, 0.5) is 5.69 Å². The fourth-order valence-corrected chi connectivity index (χ4v) is 6.62. The summed E-state index contributed by atoms with van der Waals surface area (Å²) in [6, 6.07) is 3.79. The molecule has 0 fully saturated rings. The summed E-state index contributed by atoms with van der Waals surface area (Å²) in [5.41, 5.74) is 0.876. The number of nitrogens with zero attached hydrogens (tertiary/aromatic N) is 2. The van der Waals surface area contributed by atoms with Crippen molar-refractivity contribution in [2.75, 3.05) is 24.9 Å². The number of aliphatic hydroxyl groups is 1. The van der Waals surface area contributed by atoms with Gasteiger partial charge in [-0.1, -0.05) is 34.1 Å². The second-order valence-corrected chi connectivity index (χ2v) is 16.3. The van der Waals surface area contributed by atoms with Crippen molar-refractivity contribution >= 4 is 61.5 Å². The Morgan fingerprint density at radius 1 is 1.11 bits per heavy atom. The molecule has 0 saturated heterocycles. The zero-order valence-corrected chi connectivity index (χ0v) is 33.8. The van der Waals surface area contributed by atoms with Crippen molar-refractivity contribution < 1.29 is 53.1 Å². The summed E-state index contributed by atoms with van der Waals surface area (Å²) in [5, 5.41) is 18.7. The summed E-state index contributed by atoms with van der Waals surface area (Å²) >= 11 is 5.26. The first kappa shape index (κ1) is 46.2. The second-order valence-electron chi connectivity index (χ2n) is 13.5. The molecule has 2 aromatic rings. The normalized spacial score (nSPS) is 14.8. The third kappa shape index (κ3) is 16.1. The minimum absolute atomic E-state index is 0.00470. The Bertz CT molecular complexity index is 1490. The number of thiazole rings is 1. The van der Waals surface area contributed by atoms with E-state index >= 15 is 0 Å². The number of nitrogens with two attached hydrogens (primary N) is 1. The Balaban J connectivity index is 2.30. The number of thiol groups is 1. The zero-order valence-electron chi connectivity index (χ0n) is 31.1. The van der Waals surface area contributed by atoms with Gasteiger partial charge in [0.1, 0.15) is 11.1 Å². The molecule has 1 unspecified atom stereocenters. The van der Waals surface area contributed by atoms with Crippen LogP contribution in [-0.2, 0) is 30.2 Å². The van der Waals surface area contributed by atoms with Gasteiger partial charge in [-0.05, 0) is 11.8 Å². The van der Waals surface area contributed by atoms with Gasteiger partial charge < -0.3 is 14.8 Å². The molecule has 0 aliphatic heterocycles. The van der Waals surface area contributed by atoms with Gasteiger partial charge >= 0.3 is 181 Å². The standard InChI is InChI=1S/C34H56N5O11PS2/c1-7-21(4)13-31(42)39(6)27(20(2)3)17-28(40)33-38-26(18-53-33)32(43)36-24(14-22(5)34(44)50-35)15-23-10-11-29(48-19-49-51(45,46)47)25(16-23)37-30(41)9-8-12-52/h10-11,16,18,20-22,24,27-28,40,45-47,51-52H,7-9,12-15,17,19,35H2,1-6H3,(H,36,43)(H,37,41)/t21-,22?,24+,27+,28+/m0/s1. The first-order valence-electron chi connectivity index (χ1n) is 17.5. The van der Waals surface area contributed by atoms with Crippen molar-refractivity contribution in [1.82, 2.24) is 15.2 Å². The average molecular weight is 806 g/mol. The average Bonchev–Trinajstić information content (AvgIpc) is 3.60. The Kier molecular flexibility index (Phi) is 19.6. The van der Waals surface area contributed by atoms with Crippen LogP contribution in [0.1, 0.15) is 100 Å². The van der Waals surface area contributed by atoms with Crippen molar-refractivity contribution in [3.63, 3.8) is 0 Å². The summed E-state index contributed by atoms with van der Waals surface area (Å²) in [6.07, 6.45) is 1.45. The van der Waals surface area contributed by atoms with E-state index in [1.54, 1.807) is 31.0 Å². The van der Waals surface area contributed by atoms with Gasteiger partial charge in [0.2, 0.25) is 5.91 Å². The van der Waals surface area contributed by atoms with Crippen molar-refractivity contribution in [3.8, 4) is 5.75 Å². The van der Waals surface area contributed by atoms with Crippen LogP contribution < -0.4 is 21.3 Å². The SMILES string of the molecule is CC[C@H](C)CC(=O)N(C)[C@H](C[C@@H](O)c1nc(C(=O)N[C@@H](Cc2ccc(OCO[PH](O)(O)O)c(NC(=O)CCCS)c2)CC(C)C(=O)ON)cs1)C(C)C. The van der Waals surface area contributed by atoms with Gasteiger partial charge in [0.15, 0.2) is 0 Å². The minimum atomic E-state index is -4.86. The molecule has 0 aliphatic carbocycles. The van der Waals surface area contributed by atoms with Crippen LogP contribution >= 0.6 is 32.1 Å². The minimum Gasteiger partial charge on any atom is -0.373 e. The van der Waals surface area contributed by atoms with Crippen LogP contribution in [0.5, 0.6) is 5.75 Å². The number of ether oxygens (including phenoxy) is 1. The van der Waals surface area contributed by atoms with Crippen LogP contribution in [0, 0.1) is 17.8 Å². The third-order valence-corrected chi connectivity index (χ3v) is 10.5. The van der Waals surface area contributed by atoms with E-state index in [9.17, 15) is 24.3 Å². The topological polar surface area (TPSA) is 243 Å². The number of hydrogen-bond acceptors (Lipinski definition) is 15. The van der Waals surface area contributed by atoms with Crippen LogP contribution in [-0.4, -0.2) is 85.0 Å². The molecule has 0 saturated carbocycles. The van der Waals surface area contributed by atoms with E-state index in [2.05, 4.69) is 37.6 Å². The number of rotatable bonds is 23. The molecule has 5 atom stereocenters. The number of anilines is 1. The van der Waals surface area contributed by atoms with Gasteiger partial charge in [0.25, 0.3) is 0 Å². The first-order valence-corrected chi connectivity index (χ1v) is 20.7. The maximum absolute atomic E-state index is 13.5. The van der Waals surface area contributed by atoms with E-state index in [1.807, 2.05) is 27.7 Å². The number of aliphatic hydroxyl groups excluding tert-OH is 1. The Labute approximate surface area is 320 Å². The molecule has 3 amide bonds. The summed E-state index contributed by atoms with van der Waals surface area (Å²) in [6.45, 7) is 8.90. The molecular weight excluding hydrogens is 750 g/mol. The number of benzene rings is 1. The van der Waals surface area contributed by atoms with Gasteiger partial charge in [-0.15, -0.1) is 11.3 Å². The number of amides is 3. The van der Waals surface area contributed by atoms with Crippen molar-refractivity contribution in [2.45, 2.75) is 97.8 Å². The predicted molar refractivity (Wildman–Crippen MR) is 206 cm³/mol. The third-order valence-electron chi connectivity index (χ3n) is 8.71. The smallest absolute Gasteiger partial charge is 0.373 e. The Morgan fingerprint density at radius 2 is 1.81 bits per heavy atom. The second kappa shape index (κ2) is 22.4. The van der Waals surface area contributed by atoms with Gasteiger partial charge in [0.05, 0.1) is 0 Å². The van der Waals surface area contributed by atoms with Crippen LogP contribution in [0.25, 0.3) is 0 Å². The van der Waals surface area contributed by atoms with Crippen LogP contribution in [0.15, 0.2) is 23.6 Å². The van der Waals surface area contributed by atoms with Crippen LogP contribution in [0.3, 0.4) is 0 Å². The molecule has 1 aromatic carbocycles. The Morgan fingerprint density at radius 3 is 2.42 bits per heavy atom. The van der Waals surface area contributed by atoms with Gasteiger partial charge in [-0.25, -0.2) is 4.98 Å². The summed E-state index contributed by atoms with van der Waals surface area (Å²) in [7, 11) is -3.11. The molecule has 0 aliphatic rings. The van der Waals surface area contributed by atoms with Gasteiger partial charge in [-0.3, -0.25) is 9.59 Å².